The number of rotatable bonds is 7. The molecule has 0 heterocycles. The molecule has 0 bridgehead atoms. The molecule has 18 heavy (non-hydrogen) atoms. The maximum Gasteiger partial charge on any atom is 0.344 e. The van der Waals surface area contributed by atoms with E-state index >= 15 is 0 Å². The average molecular weight is 258 g/mol. The molecular formula is C12H18O6. The Morgan fingerprint density at radius 3 is 2.39 bits per heavy atom. The van der Waals surface area contributed by atoms with Crippen molar-refractivity contribution in [3.8, 4) is 0 Å². The topological polar surface area (TPSA) is 78.9 Å². The van der Waals surface area contributed by atoms with Crippen molar-refractivity contribution in [2.24, 2.45) is 0 Å². The summed E-state index contributed by atoms with van der Waals surface area (Å²) in [5, 5.41) is 0. The summed E-state index contributed by atoms with van der Waals surface area (Å²) in [7, 11) is 1.20. The smallest absolute Gasteiger partial charge is 0.344 e. The van der Waals surface area contributed by atoms with Gasteiger partial charge in [-0.15, -0.1) is 0 Å². The Balaban J connectivity index is 3.96. The summed E-state index contributed by atoms with van der Waals surface area (Å²) in [5.74, 6) is -2.02. The van der Waals surface area contributed by atoms with Crippen LogP contribution in [0.15, 0.2) is 11.6 Å². The van der Waals surface area contributed by atoms with Gasteiger partial charge in [0.15, 0.2) is 6.61 Å². The molecule has 0 amide bonds. The Kier molecular flexibility index (Phi) is 8.26. The molecule has 0 unspecified atom stereocenters. The van der Waals surface area contributed by atoms with Gasteiger partial charge in [0.1, 0.15) is 0 Å². The fraction of sp³-hybridized carbons (Fsp3) is 0.583. The summed E-state index contributed by atoms with van der Waals surface area (Å²) in [6.07, 6.45) is 2.64. The Labute approximate surface area is 106 Å². The van der Waals surface area contributed by atoms with Crippen molar-refractivity contribution in [3.63, 3.8) is 0 Å². The molecule has 6 heteroatoms. The summed E-state index contributed by atoms with van der Waals surface area (Å²) in [6, 6.07) is 0. The minimum Gasteiger partial charge on any atom is -0.466 e. The van der Waals surface area contributed by atoms with Gasteiger partial charge in [-0.1, -0.05) is 13.3 Å². The monoisotopic (exact) mass is 258 g/mol. The number of methoxy groups -OCH3 is 1. The quantitative estimate of drug-likeness (QED) is 0.293. The van der Waals surface area contributed by atoms with Crippen LogP contribution in [0.4, 0.5) is 0 Å². The van der Waals surface area contributed by atoms with Gasteiger partial charge in [0.2, 0.25) is 0 Å². The molecule has 0 radical (unpaired) electrons. The van der Waals surface area contributed by atoms with Gasteiger partial charge in [-0.25, -0.2) is 14.4 Å². The van der Waals surface area contributed by atoms with E-state index in [1.807, 2.05) is 6.92 Å². The molecule has 0 aliphatic rings. The molecule has 0 fully saturated rings. The summed E-state index contributed by atoms with van der Waals surface area (Å²) in [6.45, 7) is 3.22. The predicted octanol–water partition coefficient (Wildman–Crippen LogP) is 0.992. The van der Waals surface area contributed by atoms with Gasteiger partial charge in [-0.3, -0.25) is 0 Å². The Morgan fingerprint density at radius 2 is 1.83 bits per heavy atom. The molecule has 0 aromatic heterocycles. The molecule has 0 aromatic carbocycles. The number of unbranched alkanes of at least 4 members (excludes halogenated alkanes) is 1. The second kappa shape index (κ2) is 9.21. The fourth-order valence-electron chi connectivity index (χ4n) is 0.940. The van der Waals surface area contributed by atoms with Gasteiger partial charge in [0, 0.05) is 11.6 Å². The molecule has 0 aliphatic heterocycles. The lowest BCUT2D eigenvalue weighted by molar-refractivity contribution is -0.156. The van der Waals surface area contributed by atoms with E-state index in [1.165, 1.54) is 14.0 Å². The SMILES string of the molecule is CCCCOC(=O)COC(=O)/C=C(/C)C(=O)OC. The number of ether oxygens (including phenoxy) is 3. The van der Waals surface area contributed by atoms with Crippen LogP contribution in [0.25, 0.3) is 0 Å². The van der Waals surface area contributed by atoms with Crippen molar-refractivity contribution in [1.29, 1.82) is 0 Å². The molecule has 0 saturated carbocycles. The van der Waals surface area contributed by atoms with E-state index in [2.05, 4.69) is 9.47 Å². The van der Waals surface area contributed by atoms with Crippen molar-refractivity contribution in [2.45, 2.75) is 26.7 Å². The normalized spacial score (nSPS) is 10.7. The number of esters is 3. The maximum absolute atomic E-state index is 11.2. The number of hydrogen-bond acceptors (Lipinski definition) is 6. The highest BCUT2D eigenvalue weighted by Gasteiger charge is 2.09. The number of carbonyl (C=O) groups is 3. The Bertz CT molecular complexity index is 331. The second-order valence-electron chi connectivity index (χ2n) is 3.50. The van der Waals surface area contributed by atoms with Crippen LogP contribution >= 0.6 is 0 Å². The van der Waals surface area contributed by atoms with Crippen molar-refractivity contribution in [3.05, 3.63) is 11.6 Å². The van der Waals surface area contributed by atoms with Gasteiger partial charge < -0.3 is 14.2 Å². The number of carbonyl (C=O) groups excluding carboxylic acids is 3. The van der Waals surface area contributed by atoms with E-state index in [0.717, 1.165) is 18.9 Å². The molecule has 102 valence electrons. The van der Waals surface area contributed by atoms with E-state index in [-0.39, 0.29) is 5.57 Å². The van der Waals surface area contributed by atoms with Gasteiger partial charge in [0.05, 0.1) is 13.7 Å². The highest BCUT2D eigenvalue weighted by molar-refractivity contribution is 5.96. The molecule has 0 atom stereocenters. The fourth-order valence-corrected chi connectivity index (χ4v) is 0.940. The van der Waals surface area contributed by atoms with Crippen molar-refractivity contribution in [1.82, 2.24) is 0 Å². The molecule has 0 aromatic rings. The minimum absolute atomic E-state index is 0.0989. The molecule has 0 aliphatic carbocycles. The summed E-state index contributed by atoms with van der Waals surface area (Å²) in [5.41, 5.74) is 0.0989. The third-order valence-corrected chi connectivity index (χ3v) is 1.93. The first-order valence-corrected chi connectivity index (χ1v) is 5.60. The molecule has 0 rings (SSSR count). The molecule has 6 nitrogen and oxygen atoms in total. The zero-order chi connectivity index (χ0) is 14.0. The van der Waals surface area contributed by atoms with Gasteiger partial charge in [-0.05, 0) is 13.3 Å². The molecule has 0 spiro atoms. The third kappa shape index (κ3) is 7.43. The van der Waals surface area contributed by atoms with Crippen LogP contribution in [0.1, 0.15) is 26.7 Å². The molecule has 0 saturated heterocycles. The maximum atomic E-state index is 11.2. The minimum atomic E-state index is -0.787. The highest BCUT2D eigenvalue weighted by atomic mass is 16.6. The predicted molar refractivity (Wildman–Crippen MR) is 62.6 cm³/mol. The lowest BCUT2D eigenvalue weighted by atomic mass is 10.3. The first kappa shape index (κ1) is 16.1. The van der Waals surface area contributed by atoms with Crippen LogP contribution in [-0.4, -0.2) is 38.2 Å². The lowest BCUT2D eigenvalue weighted by Crippen LogP contribution is -2.16. The van der Waals surface area contributed by atoms with Gasteiger partial charge in [-0.2, -0.15) is 0 Å². The first-order chi connectivity index (χ1) is 8.51. The number of hydrogen-bond donors (Lipinski definition) is 0. The van der Waals surface area contributed by atoms with Crippen molar-refractivity contribution in [2.75, 3.05) is 20.3 Å². The van der Waals surface area contributed by atoms with Crippen LogP contribution < -0.4 is 0 Å². The van der Waals surface area contributed by atoms with Gasteiger partial charge in [0.25, 0.3) is 0 Å². The highest BCUT2D eigenvalue weighted by Crippen LogP contribution is 1.97. The molecule has 0 N–H and O–H groups in total. The zero-order valence-corrected chi connectivity index (χ0v) is 10.9. The van der Waals surface area contributed by atoms with Gasteiger partial charge >= 0.3 is 17.9 Å². The van der Waals surface area contributed by atoms with Crippen molar-refractivity contribution < 1.29 is 28.6 Å². The van der Waals surface area contributed by atoms with E-state index in [4.69, 9.17) is 4.74 Å². The summed E-state index contributed by atoms with van der Waals surface area (Å²) < 4.78 is 13.8. The standard InChI is InChI=1S/C12H18O6/c1-4-5-6-17-11(14)8-18-10(13)7-9(2)12(15)16-3/h7H,4-6,8H2,1-3H3/b9-7-. The van der Waals surface area contributed by atoms with E-state index < -0.39 is 24.5 Å². The Hall–Kier alpha value is -1.85. The van der Waals surface area contributed by atoms with Crippen LogP contribution in [0.2, 0.25) is 0 Å². The largest absolute Gasteiger partial charge is 0.466 e. The summed E-state index contributed by atoms with van der Waals surface area (Å²) in [4.78, 5) is 33.3. The Morgan fingerprint density at radius 1 is 1.17 bits per heavy atom. The zero-order valence-electron chi connectivity index (χ0n) is 10.9. The van der Waals surface area contributed by atoms with E-state index in [1.54, 1.807) is 0 Å². The second-order valence-corrected chi connectivity index (χ2v) is 3.50. The van der Waals surface area contributed by atoms with E-state index in [9.17, 15) is 14.4 Å². The van der Waals surface area contributed by atoms with Crippen LogP contribution in [0.3, 0.4) is 0 Å². The average Bonchev–Trinajstić information content (AvgIpc) is 2.35. The van der Waals surface area contributed by atoms with Crippen LogP contribution in [0.5, 0.6) is 0 Å². The molecular weight excluding hydrogens is 240 g/mol. The van der Waals surface area contributed by atoms with E-state index in [0.29, 0.717) is 6.61 Å². The first-order valence-electron chi connectivity index (χ1n) is 5.60. The summed E-state index contributed by atoms with van der Waals surface area (Å²) >= 11 is 0. The van der Waals surface area contributed by atoms with Crippen molar-refractivity contribution >= 4 is 17.9 Å². The van der Waals surface area contributed by atoms with Crippen LogP contribution in [-0.2, 0) is 28.6 Å². The van der Waals surface area contributed by atoms with Crippen LogP contribution in [0, 0.1) is 0 Å². The third-order valence-electron chi connectivity index (χ3n) is 1.93. The lowest BCUT2D eigenvalue weighted by Gasteiger charge is -2.04.